The van der Waals surface area contributed by atoms with E-state index in [1.165, 1.54) is 0 Å². The predicted molar refractivity (Wildman–Crippen MR) is 93.0 cm³/mol. The summed E-state index contributed by atoms with van der Waals surface area (Å²) in [4.78, 5) is 26.5. The van der Waals surface area contributed by atoms with Crippen molar-refractivity contribution in [1.82, 2.24) is 15.0 Å². The van der Waals surface area contributed by atoms with Crippen molar-refractivity contribution < 1.29 is 4.74 Å². The first kappa shape index (κ1) is 16.4. The second-order valence-corrected chi connectivity index (χ2v) is 6.50. The number of hydrogen-bond acceptors (Lipinski definition) is 7. The zero-order chi connectivity index (χ0) is 17.1. The molecule has 24 heavy (non-hydrogen) atoms. The van der Waals surface area contributed by atoms with Crippen LogP contribution in [0.25, 0.3) is 11.6 Å². The van der Waals surface area contributed by atoms with Crippen molar-refractivity contribution in [2.75, 3.05) is 31.2 Å². The van der Waals surface area contributed by atoms with E-state index in [2.05, 4.69) is 19.9 Å². The van der Waals surface area contributed by atoms with Crippen LogP contribution in [0.2, 0.25) is 0 Å². The van der Waals surface area contributed by atoms with Crippen molar-refractivity contribution in [1.29, 1.82) is 5.26 Å². The van der Waals surface area contributed by atoms with E-state index in [0.717, 1.165) is 41.9 Å². The van der Waals surface area contributed by atoms with Gasteiger partial charge in [0.1, 0.15) is 17.5 Å². The lowest BCUT2D eigenvalue weighted by molar-refractivity contribution is 0.122. The lowest BCUT2D eigenvalue weighted by Gasteiger charge is -2.25. The number of allylic oxidation sites excluding steroid dienone is 1. The van der Waals surface area contributed by atoms with Gasteiger partial charge in [-0.1, -0.05) is 11.3 Å². The highest BCUT2D eigenvalue weighted by Gasteiger charge is 2.14. The fourth-order valence-electron chi connectivity index (χ4n) is 2.43. The first-order chi connectivity index (χ1) is 11.6. The average molecular weight is 343 g/mol. The fraction of sp³-hybridized carbons (Fsp3) is 0.375. The molecule has 0 aromatic carbocycles. The standard InChI is InChI=1S/C16H17N5O2S/c1-10(14-19-11(2)13(8-17)15(22)20-14)7-12-9-18-16(24-12)21-3-5-23-6-4-21/h7,9H,3-6H2,1-2H3,(H,19,20,22). The van der Waals surface area contributed by atoms with Gasteiger partial charge in [-0.2, -0.15) is 5.26 Å². The highest BCUT2D eigenvalue weighted by atomic mass is 32.1. The summed E-state index contributed by atoms with van der Waals surface area (Å²) in [5, 5.41) is 9.91. The second-order valence-electron chi connectivity index (χ2n) is 5.46. The molecule has 0 aliphatic carbocycles. The maximum Gasteiger partial charge on any atom is 0.269 e. The minimum atomic E-state index is -0.411. The van der Waals surface area contributed by atoms with Crippen LogP contribution in [-0.4, -0.2) is 41.3 Å². The summed E-state index contributed by atoms with van der Waals surface area (Å²) in [6.45, 7) is 6.67. The fourth-order valence-corrected chi connectivity index (χ4v) is 3.40. The molecule has 1 N–H and O–H groups in total. The Bertz CT molecular complexity index is 871. The molecule has 0 spiro atoms. The Labute approximate surface area is 143 Å². The molecule has 0 unspecified atom stereocenters. The van der Waals surface area contributed by atoms with E-state index >= 15 is 0 Å². The van der Waals surface area contributed by atoms with Crippen LogP contribution in [0.1, 0.15) is 28.9 Å². The van der Waals surface area contributed by atoms with E-state index in [0.29, 0.717) is 11.5 Å². The molecule has 0 amide bonds. The lowest BCUT2D eigenvalue weighted by Crippen LogP contribution is -2.36. The van der Waals surface area contributed by atoms with Crippen LogP contribution >= 0.6 is 11.3 Å². The van der Waals surface area contributed by atoms with Crippen molar-refractivity contribution in [2.24, 2.45) is 0 Å². The maximum atomic E-state index is 11.9. The minimum absolute atomic E-state index is 0.0546. The number of hydrogen-bond donors (Lipinski definition) is 1. The number of aromatic amines is 1. The molecular weight excluding hydrogens is 326 g/mol. The first-order valence-electron chi connectivity index (χ1n) is 7.56. The van der Waals surface area contributed by atoms with Crippen LogP contribution in [0.4, 0.5) is 5.13 Å². The zero-order valence-electron chi connectivity index (χ0n) is 13.5. The van der Waals surface area contributed by atoms with Crippen LogP contribution in [0, 0.1) is 18.3 Å². The number of thiazole rings is 1. The highest BCUT2D eigenvalue weighted by molar-refractivity contribution is 7.16. The van der Waals surface area contributed by atoms with Gasteiger partial charge in [-0.15, -0.1) is 0 Å². The molecule has 0 bridgehead atoms. The van der Waals surface area contributed by atoms with Gasteiger partial charge in [-0.3, -0.25) is 4.79 Å². The van der Waals surface area contributed by atoms with E-state index in [1.807, 2.05) is 25.3 Å². The number of aryl methyl sites for hydroxylation is 1. The van der Waals surface area contributed by atoms with E-state index in [4.69, 9.17) is 10.00 Å². The van der Waals surface area contributed by atoms with Crippen molar-refractivity contribution in [3.8, 4) is 6.07 Å². The smallest absolute Gasteiger partial charge is 0.269 e. The number of H-pyrrole nitrogens is 1. The molecule has 0 radical (unpaired) electrons. The van der Waals surface area contributed by atoms with E-state index in [-0.39, 0.29) is 5.56 Å². The van der Waals surface area contributed by atoms with Crippen LogP contribution in [0.15, 0.2) is 11.0 Å². The lowest BCUT2D eigenvalue weighted by atomic mass is 10.2. The van der Waals surface area contributed by atoms with Gasteiger partial charge in [-0.05, 0) is 25.5 Å². The largest absolute Gasteiger partial charge is 0.378 e. The summed E-state index contributed by atoms with van der Waals surface area (Å²) in [5.74, 6) is 0.470. The molecule has 3 heterocycles. The van der Waals surface area contributed by atoms with Crippen molar-refractivity contribution in [3.63, 3.8) is 0 Å². The molecule has 2 aromatic rings. The Hall–Kier alpha value is -2.50. The Balaban J connectivity index is 1.85. The quantitative estimate of drug-likeness (QED) is 0.913. The third-order valence-corrected chi connectivity index (χ3v) is 4.74. The van der Waals surface area contributed by atoms with E-state index in [9.17, 15) is 4.79 Å². The SMILES string of the molecule is CC(=Cc1cnc(N2CCOCC2)s1)c1nc(C)c(C#N)c(=O)[nH]1. The van der Waals surface area contributed by atoms with Gasteiger partial charge in [0.25, 0.3) is 5.56 Å². The van der Waals surface area contributed by atoms with Gasteiger partial charge in [-0.25, -0.2) is 9.97 Å². The summed E-state index contributed by atoms with van der Waals surface area (Å²) in [6.07, 6.45) is 3.75. The molecule has 0 atom stereocenters. The monoisotopic (exact) mass is 343 g/mol. The molecule has 0 saturated carbocycles. The molecule has 1 fully saturated rings. The molecule has 1 aliphatic heterocycles. The van der Waals surface area contributed by atoms with Gasteiger partial charge in [0.15, 0.2) is 5.13 Å². The number of rotatable bonds is 3. The highest BCUT2D eigenvalue weighted by Crippen LogP contribution is 2.26. The van der Waals surface area contributed by atoms with Gasteiger partial charge in [0, 0.05) is 24.2 Å². The number of nitrogens with one attached hydrogen (secondary N) is 1. The van der Waals surface area contributed by atoms with Crippen molar-refractivity contribution >= 4 is 28.1 Å². The Morgan fingerprint density at radius 3 is 2.92 bits per heavy atom. The molecule has 8 heteroatoms. The normalized spacial score (nSPS) is 15.4. The molecule has 124 valence electrons. The van der Waals surface area contributed by atoms with Gasteiger partial charge in [0.05, 0.1) is 18.9 Å². The maximum absolute atomic E-state index is 11.9. The summed E-state index contributed by atoms with van der Waals surface area (Å²) in [6, 6.07) is 1.87. The second kappa shape index (κ2) is 6.95. The molecule has 2 aromatic heterocycles. The summed E-state index contributed by atoms with van der Waals surface area (Å²) in [7, 11) is 0. The number of anilines is 1. The van der Waals surface area contributed by atoms with Gasteiger partial charge in [0.2, 0.25) is 0 Å². The third-order valence-electron chi connectivity index (χ3n) is 3.74. The molecule has 3 rings (SSSR count). The van der Waals surface area contributed by atoms with Crippen molar-refractivity contribution in [2.45, 2.75) is 13.8 Å². The summed E-state index contributed by atoms with van der Waals surface area (Å²) >= 11 is 1.59. The van der Waals surface area contributed by atoms with E-state index < -0.39 is 5.56 Å². The predicted octanol–water partition coefficient (Wildman–Crippen LogP) is 1.80. The zero-order valence-corrected chi connectivity index (χ0v) is 14.3. The summed E-state index contributed by atoms with van der Waals surface area (Å²) < 4.78 is 5.35. The Morgan fingerprint density at radius 2 is 2.25 bits per heavy atom. The van der Waals surface area contributed by atoms with Gasteiger partial charge >= 0.3 is 0 Å². The van der Waals surface area contributed by atoms with Crippen molar-refractivity contribution in [3.05, 3.63) is 38.5 Å². The van der Waals surface area contributed by atoms with Crippen LogP contribution in [0.3, 0.4) is 0 Å². The molecule has 1 saturated heterocycles. The average Bonchev–Trinajstić information content (AvgIpc) is 3.04. The van der Waals surface area contributed by atoms with Crippen LogP contribution in [0.5, 0.6) is 0 Å². The number of morpholine rings is 1. The van der Waals surface area contributed by atoms with Gasteiger partial charge < -0.3 is 14.6 Å². The molecule has 7 nitrogen and oxygen atoms in total. The van der Waals surface area contributed by atoms with Crippen LogP contribution < -0.4 is 10.5 Å². The van der Waals surface area contributed by atoms with Crippen LogP contribution in [-0.2, 0) is 4.74 Å². The minimum Gasteiger partial charge on any atom is -0.378 e. The number of nitriles is 1. The first-order valence-corrected chi connectivity index (χ1v) is 8.38. The number of ether oxygens (including phenoxy) is 1. The number of aromatic nitrogens is 3. The number of nitrogens with zero attached hydrogens (tertiary/aromatic N) is 4. The summed E-state index contributed by atoms with van der Waals surface area (Å²) in [5.41, 5.74) is 0.893. The molecule has 1 aliphatic rings. The topological polar surface area (TPSA) is 94.9 Å². The Kier molecular flexibility index (Phi) is 4.74. The van der Waals surface area contributed by atoms with E-state index in [1.54, 1.807) is 18.3 Å². The molecular formula is C16H17N5O2S. The Morgan fingerprint density at radius 1 is 1.50 bits per heavy atom. The third kappa shape index (κ3) is 3.37.